The Bertz CT molecular complexity index is 669. The number of carbonyl (C=O) groups is 2. The molecule has 24 heavy (non-hydrogen) atoms. The average Bonchev–Trinajstić information content (AvgIpc) is 2.92. The SMILES string of the molecule is Cc1ccccc1C(C)(C)C(=O)N1CCC(C(=O)O)(C(F)(F)F)C1. The first-order valence-corrected chi connectivity index (χ1v) is 7.59. The number of carboxylic acids is 1. The minimum absolute atomic E-state index is 0.222. The number of hydrogen-bond acceptors (Lipinski definition) is 2. The Morgan fingerprint density at radius 3 is 2.25 bits per heavy atom. The number of hydrogen-bond donors (Lipinski definition) is 1. The highest BCUT2D eigenvalue weighted by molar-refractivity contribution is 5.89. The van der Waals surface area contributed by atoms with Crippen LogP contribution in [0.5, 0.6) is 0 Å². The van der Waals surface area contributed by atoms with E-state index >= 15 is 0 Å². The van der Waals surface area contributed by atoms with E-state index in [4.69, 9.17) is 5.11 Å². The summed E-state index contributed by atoms with van der Waals surface area (Å²) in [6.45, 7) is 4.05. The third-order valence-corrected chi connectivity index (χ3v) is 4.86. The Morgan fingerprint density at radius 1 is 1.21 bits per heavy atom. The number of rotatable bonds is 3. The molecule has 1 fully saturated rings. The molecule has 0 radical (unpaired) electrons. The molecule has 1 aromatic rings. The molecule has 1 aliphatic rings. The molecular formula is C17H20F3NO3. The summed E-state index contributed by atoms with van der Waals surface area (Å²) in [7, 11) is 0. The lowest BCUT2D eigenvalue weighted by Gasteiger charge is -2.32. The topological polar surface area (TPSA) is 57.6 Å². The molecule has 1 aliphatic heterocycles. The van der Waals surface area contributed by atoms with Gasteiger partial charge >= 0.3 is 12.1 Å². The minimum Gasteiger partial charge on any atom is -0.481 e. The van der Waals surface area contributed by atoms with E-state index in [1.807, 2.05) is 19.1 Å². The zero-order valence-corrected chi connectivity index (χ0v) is 13.8. The quantitative estimate of drug-likeness (QED) is 0.917. The predicted octanol–water partition coefficient (Wildman–Crippen LogP) is 3.14. The van der Waals surface area contributed by atoms with Crippen molar-refractivity contribution in [3.8, 4) is 0 Å². The van der Waals surface area contributed by atoms with Gasteiger partial charge in [0.1, 0.15) is 0 Å². The van der Waals surface area contributed by atoms with Gasteiger partial charge in [0.05, 0.1) is 5.41 Å². The van der Waals surface area contributed by atoms with Crippen LogP contribution in [0.4, 0.5) is 13.2 Å². The average molecular weight is 343 g/mol. The Hall–Kier alpha value is -2.05. The van der Waals surface area contributed by atoms with Crippen molar-refractivity contribution in [1.82, 2.24) is 4.90 Å². The van der Waals surface area contributed by atoms with Crippen molar-refractivity contribution in [1.29, 1.82) is 0 Å². The summed E-state index contributed by atoms with van der Waals surface area (Å²) in [6.07, 6.45) is -5.53. The standard InChI is InChI=1S/C17H20F3NO3/c1-11-6-4-5-7-12(11)15(2,3)13(22)21-9-8-16(10-21,14(23)24)17(18,19)20/h4-7H,8-10H2,1-3H3,(H,23,24). The Morgan fingerprint density at radius 2 is 1.79 bits per heavy atom. The van der Waals surface area contributed by atoms with E-state index in [9.17, 15) is 22.8 Å². The van der Waals surface area contributed by atoms with Gasteiger partial charge in [-0.3, -0.25) is 9.59 Å². The highest BCUT2D eigenvalue weighted by Crippen LogP contribution is 2.46. The second kappa shape index (κ2) is 5.79. The molecule has 1 saturated heterocycles. The molecule has 1 atom stereocenters. The molecule has 0 spiro atoms. The maximum absolute atomic E-state index is 13.3. The van der Waals surface area contributed by atoms with Gasteiger partial charge in [0.15, 0.2) is 5.41 Å². The van der Waals surface area contributed by atoms with Crippen molar-refractivity contribution in [3.05, 3.63) is 35.4 Å². The number of alkyl halides is 3. The van der Waals surface area contributed by atoms with Crippen LogP contribution in [0.15, 0.2) is 24.3 Å². The highest BCUT2D eigenvalue weighted by Gasteiger charge is 2.64. The molecule has 132 valence electrons. The van der Waals surface area contributed by atoms with Crippen molar-refractivity contribution < 1.29 is 27.9 Å². The summed E-state index contributed by atoms with van der Waals surface area (Å²) in [5.41, 5.74) is -2.35. The van der Waals surface area contributed by atoms with Gasteiger partial charge in [0.25, 0.3) is 0 Å². The van der Waals surface area contributed by atoms with Gasteiger partial charge in [0.2, 0.25) is 5.91 Å². The number of aryl methyl sites for hydroxylation is 1. The Balaban J connectivity index is 2.32. The maximum Gasteiger partial charge on any atom is 0.406 e. The molecule has 0 saturated carbocycles. The van der Waals surface area contributed by atoms with Gasteiger partial charge in [-0.2, -0.15) is 13.2 Å². The van der Waals surface area contributed by atoms with Crippen LogP contribution >= 0.6 is 0 Å². The minimum atomic E-state index is -4.90. The van der Waals surface area contributed by atoms with Gasteiger partial charge in [-0.25, -0.2) is 0 Å². The summed E-state index contributed by atoms with van der Waals surface area (Å²) in [6, 6.07) is 7.16. The van der Waals surface area contributed by atoms with Gasteiger partial charge in [0, 0.05) is 13.1 Å². The van der Waals surface area contributed by atoms with Crippen molar-refractivity contribution in [2.75, 3.05) is 13.1 Å². The molecule has 4 nitrogen and oxygen atoms in total. The van der Waals surface area contributed by atoms with Gasteiger partial charge in [-0.05, 0) is 38.3 Å². The maximum atomic E-state index is 13.3. The van der Waals surface area contributed by atoms with Crippen LogP contribution in [0.3, 0.4) is 0 Å². The van der Waals surface area contributed by atoms with Crippen LogP contribution in [0.1, 0.15) is 31.4 Å². The molecule has 2 rings (SSSR count). The normalized spacial score (nSPS) is 21.8. The largest absolute Gasteiger partial charge is 0.481 e. The van der Waals surface area contributed by atoms with Crippen LogP contribution in [-0.2, 0) is 15.0 Å². The second-order valence-electron chi connectivity index (χ2n) is 6.80. The number of amides is 1. The fourth-order valence-corrected chi connectivity index (χ4v) is 3.29. The lowest BCUT2D eigenvalue weighted by Crippen LogP contribution is -2.49. The summed E-state index contributed by atoms with van der Waals surface area (Å²) >= 11 is 0. The highest BCUT2D eigenvalue weighted by atomic mass is 19.4. The molecule has 0 bridgehead atoms. The zero-order chi connectivity index (χ0) is 18.3. The fraction of sp³-hybridized carbons (Fsp3) is 0.529. The van der Waals surface area contributed by atoms with Crippen LogP contribution < -0.4 is 0 Å². The lowest BCUT2D eigenvalue weighted by atomic mass is 9.80. The van der Waals surface area contributed by atoms with Gasteiger partial charge in [-0.15, -0.1) is 0 Å². The van der Waals surface area contributed by atoms with Crippen LogP contribution in [0.2, 0.25) is 0 Å². The summed E-state index contributed by atoms with van der Waals surface area (Å²) < 4.78 is 39.8. The van der Waals surface area contributed by atoms with Crippen LogP contribution in [-0.4, -0.2) is 41.1 Å². The molecule has 1 unspecified atom stereocenters. The van der Waals surface area contributed by atoms with E-state index in [1.54, 1.807) is 26.0 Å². The molecule has 0 aliphatic carbocycles. The first kappa shape index (κ1) is 18.3. The molecular weight excluding hydrogens is 323 g/mol. The van der Waals surface area contributed by atoms with Gasteiger partial charge in [-0.1, -0.05) is 24.3 Å². The van der Waals surface area contributed by atoms with E-state index < -0.39 is 41.8 Å². The number of carboxylic acid groups (broad SMARTS) is 1. The van der Waals surface area contributed by atoms with Crippen molar-refractivity contribution in [3.63, 3.8) is 0 Å². The van der Waals surface area contributed by atoms with E-state index in [1.165, 1.54) is 0 Å². The summed E-state index contributed by atoms with van der Waals surface area (Å²) in [4.78, 5) is 25.1. The molecule has 7 heteroatoms. The van der Waals surface area contributed by atoms with E-state index in [2.05, 4.69) is 0 Å². The van der Waals surface area contributed by atoms with E-state index in [0.717, 1.165) is 16.0 Å². The number of nitrogens with zero attached hydrogens (tertiary/aromatic N) is 1. The number of likely N-dealkylation sites (tertiary alicyclic amines) is 1. The third-order valence-electron chi connectivity index (χ3n) is 4.86. The lowest BCUT2D eigenvalue weighted by molar-refractivity contribution is -0.227. The molecule has 1 amide bonds. The molecule has 0 aromatic heterocycles. The first-order valence-electron chi connectivity index (χ1n) is 7.59. The van der Waals surface area contributed by atoms with Crippen molar-refractivity contribution in [2.45, 2.75) is 38.8 Å². The monoisotopic (exact) mass is 343 g/mol. The zero-order valence-electron chi connectivity index (χ0n) is 13.8. The van der Waals surface area contributed by atoms with Crippen LogP contribution in [0.25, 0.3) is 0 Å². The van der Waals surface area contributed by atoms with E-state index in [0.29, 0.717) is 0 Å². The second-order valence-corrected chi connectivity index (χ2v) is 6.80. The Kier molecular flexibility index (Phi) is 4.41. The number of aliphatic carboxylic acids is 1. The first-order chi connectivity index (χ1) is 10.9. The van der Waals surface area contributed by atoms with Crippen molar-refractivity contribution in [2.24, 2.45) is 5.41 Å². The Labute approximate surface area is 138 Å². The molecule has 1 aromatic carbocycles. The van der Waals surface area contributed by atoms with E-state index in [-0.39, 0.29) is 6.54 Å². The third kappa shape index (κ3) is 2.76. The van der Waals surface area contributed by atoms with Gasteiger partial charge < -0.3 is 10.0 Å². The summed E-state index contributed by atoms with van der Waals surface area (Å²) in [5.74, 6) is -2.43. The smallest absolute Gasteiger partial charge is 0.406 e. The molecule has 1 heterocycles. The summed E-state index contributed by atoms with van der Waals surface area (Å²) in [5, 5.41) is 9.10. The van der Waals surface area contributed by atoms with Crippen molar-refractivity contribution >= 4 is 11.9 Å². The number of benzene rings is 1. The number of carbonyl (C=O) groups excluding carboxylic acids is 1. The number of halogens is 3. The molecule has 1 N–H and O–H groups in total. The predicted molar refractivity (Wildman–Crippen MR) is 81.5 cm³/mol. The van der Waals surface area contributed by atoms with Crippen LogP contribution in [0, 0.1) is 12.3 Å². The fourth-order valence-electron chi connectivity index (χ4n) is 3.29.